The standard InChI is InChI=1S/C37H36NO5P/c39-33(28-42-35-22-20-34(21-23-35)41-27-30-10-4-1-5-11-30)26-38-25-24-29-16-18-36(19-17-29)43-37(44-40,31-12-6-2-7-13-31)32-14-8-3-9-15-32/h1-23,33,38-39H,24-28H2. The number of ether oxygens (including phenoxy) is 3. The molecule has 0 bridgehead atoms. The monoisotopic (exact) mass is 605 g/mol. The number of benzene rings is 5. The third-order valence-corrected chi connectivity index (χ3v) is 8.00. The fourth-order valence-corrected chi connectivity index (χ4v) is 5.41. The van der Waals surface area contributed by atoms with Gasteiger partial charge in [0.1, 0.15) is 36.6 Å². The third kappa shape index (κ3) is 8.55. The summed E-state index contributed by atoms with van der Waals surface area (Å²) in [4.78, 5) is 0. The molecule has 0 aliphatic carbocycles. The molecule has 0 aliphatic rings. The predicted octanol–water partition coefficient (Wildman–Crippen LogP) is 7.41. The topological polar surface area (TPSA) is 77.0 Å². The first-order chi connectivity index (χ1) is 21.6. The smallest absolute Gasteiger partial charge is 0.238 e. The summed E-state index contributed by atoms with van der Waals surface area (Å²) in [6.07, 6.45) is 0.135. The lowest BCUT2D eigenvalue weighted by atomic mass is 10.0. The molecule has 0 aromatic heterocycles. The highest BCUT2D eigenvalue weighted by molar-refractivity contribution is 7.25. The van der Waals surface area contributed by atoms with Gasteiger partial charge >= 0.3 is 0 Å². The molecular weight excluding hydrogens is 569 g/mol. The van der Waals surface area contributed by atoms with Crippen molar-refractivity contribution in [1.29, 1.82) is 0 Å². The number of aliphatic hydroxyl groups excluding tert-OH is 1. The molecule has 0 aliphatic heterocycles. The molecule has 0 heterocycles. The van der Waals surface area contributed by atoms with Crippen LogP contribution in [0.4, 0.5) is 0 Å². The fourth-order valence-electron chi connectivity index (χ4n) is 4.76. The van der Waals surface area contributed by atoms with Crippen LogP contribution in [0, 0.1) is 0 Å². The molecule has 7 heteroatoms. The quantitative estimate of drug-likeness (QED) is 0.0901. The van der Waals surface area contributed by atoms with Crippen molar-refractivity contribution in [2.75, 3.05) is 19.7 Å². The van der Waals surface area contributed by atoms with Crippen molar-refractivity contribution in [2.24, 2.45) is 0 Å². The van der Waals surface area contributed by atoms with E-state index in [9.17, 15) is 9.67 Å². The van der Waals surface area contributed by atoms with Crippen molar-refractivity contribution in [3.63, 3.8) is 0 Å². The van der Waals surface area contributed by atoms with Gasteiger partial charge in [-0.2, -0.15) is 0 Å². The summed E-state index contributed by atoms with van der Waals surface area (Å²) >= 11 is 0. The van der Waals surface area contributed by atoms with E-state index >= 15 is 0 Å². The van der Waals surface area contributed by atoms with Gasteiger partial charge in [-0.15, -0.1) is 0 Å². The van der Waals surface area contributed by atoms with Crippen LogP contribution in [0.25, 0.3) is 0 Å². The van der Waals surface area contributed by atoms with Gasteiger partial charge in [0.2, 0.25) is 13.8 Å². The van der Waals surface area contributed by atoms with Gasteiger partial charge in [0.05, 0.1) is 0 Å². The van der Waals surface area contributed by atoms with Crippen LogP contribution in [-0.4, -0.2) is 30.9 Å². The summed E-state index contributed by atoms with van der Waals surface area (Å²) in [5, 5.41) is 12.5. The molecule has 1 unspecified atom stereocenters. The van der Waals surface area contributed by atoms with Gasteiger partial charge in [-0.1, -0.05) is 103 Å². The molecule has 5 aromatic rings. The predicted molar refractivity (Wildman–Crippen MR) is 174 cm³/mol. The van der Waals surface area contributed by atoms with Crippen LogP contribution in [0.3, 0.4) is 0 Å². The molecule has 44 heavy (non-hydrogen) atoms. The average molecular weight is 606 g/mol. The lowest BCUT2D eigenvalue weighted by Gasteiger charge is -2.29. The average Bonchev–Trinajstić information content (AvgIpc) is 3.09. The van der Waals surface area contributed by atoms with Gasteiger partial charge in [0.25, 0.3) is 0 Å². The number of rotatable bonds is 16. The molecule has 224 valence electrons. The number of hydrogen-bond donors (Lipinski definition) is 2. The van der Waals surface area contributed by atoms with Crippen molar-refractivity contribution in [3.8, 4) is 17.2 Å². The zero-order chi connectivity index (χ0) is 30.5. The number of aliphatic hydroxyl groups is 1. The Morgan fingerprint density at radius 1 is 0.636 bits per heavy atom. The Hall–Kier alpha value is -4.48. The molecule has 0 saturated heterocycles. The Labute approximate surface area is 260 Å². The zero-order valence-electron chi connectivity index (χ0n) is 24.4. The van der Waals surface area contributed by atoms with Gasteiger partial charge in [-0.05, 0) is 60.5 Å². The maximum absolute atomic E-state index is 12.7. The van der Waals surface area contributed by atoms with Crippen LogP contribution < -0.4 is 19.5 Å². The Morgan fingerprint density at radius 3 is 1.73 bits per heavy atom. The van der Waals surface area contributed by atoms with E-state index in [2.05, 4.69) is 5.32 Å². The highest BCUT2D eigenvalue weighted by Crippen LogP contribution is 2.43. The lowest BCUT2D eigenvalue weighted by Crippen LogP contribution is -2.32. The van der Waals surface area contributed by atoms with Gasteiger partial charge < -0.3 is 24.6 Å². The normalized spacial score (nSPS) is 12.0. The van der Waals surface area contributed by atoms with Crippen LogP contribution >= 0.6 is 8.46 Å². The molecular formula is C37H36NO5P. The van der Waals surface area contributed by atoms with Crippen molar-refractivity contribution in [3.05, 3.63) is 162 Å². The molecule has 0 fully saturated rings. The first-order valence-corrected chi connectivity index (χ1v) is 15.5. The van der Waals surface area contributed by atoms with E-state index in [1.807, 2.05) is 140 Å². The van der Waals surface area contributed by atoms with Crippen LogP contribution in [0.2, 0.25) is 0 Å². The van der Waals surface area contributed by atoms with Crippen molar-refractivity contribution in [2.45, 2.75) is 24.5 Å². The van der Waals surface area contributed by atoms with E-state index in [4.69, 9.17) is 14.2 Å². The van der Waals surface area contributed by atoms with Crippen molar-refractivity contribution in [1.82, 2.24) is 5.32 Å². The zero-order valence-corrected chi connectivity index (χ0v) is 25.3. The minimum absolute atomic E-state index is 0.159. The summed E-state index contributed by atoms with van der Waals surface area (Å²) in [5.74, 6) is 2.07. The van der Waals surface area contributed by atoms with E-state index in [0.29, 0.717) is 31.2 Å². The largest absolute Gasteiger partial charge is 0.491 e. The van der Waals surface area contributed by atoms with E-state index in [-0.39, 0.29) is 15.1 Å². The van der Waals surface area contributed by atoms with Gasteiger partial charge in [-0.3, -0.25) is 4.57 Å². The molecule has 0 amide bonds. The van der Waals surface area contributed by atoms with Crippen LogP contribution in [0.15, 0.2) is 140 Å². The van der Waals surface area contributed by atoms with Crippen molar-refractivity contribution < 1.29 is 23.9 Å². The van der Waals surface area contributed by atoms with Crippen LogP contribution in [0.1, 0.15) is 22.3 Å². The first kappa shape index (κ1) is 31.0. The molecule has 5 rings (SSSR count). The lowest BCUT2D eigenvalue weighted by molar-refractivity contribution is 0.106. The number of nitrogens with one attached hydrogen (secondary N) is 1. The summed E-state index contributed by atoms with van der Waals surface area (Å²) in [7, 11) is -0.159. The van der Waals surface area contributed by atoms with E-state index in [0.717, 1.165) is 34.4 Å². The SMILES string of the molecule is O=PC(Oc1ccc(CCNCC(O)COc2ccc(OCc3ccccc3)cc2)cc1)(c1ccccc1)c1ccccc1. The summed E-state index contributed by atoms with van der Waals surface area (Å²) in [5.41, 5.74) is 3.85. The molecule has 2 N–H and O–H groups in total. The highest BCUT2D eigenvalue weighted by Gasteiger charge is 2.38. The fraction of sp³-hybridized carbons (Fsp3) is 0.189. The van der Waals surface area contributed by atoms with Crippen LogP contribution in [0.5, 0.6) is 17.2 Å². The molecule has 0 saturated carbocycles. The summed E-state index contributed by atoms with van der Waals surface area (Å²) in [6.45, 7) is 1.81. The maximum atomic E-state index is 12.7. The minimum atomic E-state index is -1.15. The second-order valence-corrected chi connectivity index (χ2v) is 11.2. The molecule has 6 nitrogen and oxygen atoms in total. The number of hydrogen-bond acceptors (Lipinski definition) is 6. The Balaban J connectivity index is 1.05. The molecule has 5 aromatic carbocycles. The van der Waals surface area contributed by atoms with Crippen LogP contribution in [-0.2, 0) is 22.9 Å². The second kappa shape index (κ2) is 15.8. The van der Waals surface area contributed by atoms with Gasteiger partial charge in [0.15, 0.2) is 0 Å². The molecule has 1 atom stereocenters. The van der Waals surface area contributed by atoms with E-state index < -0.39 is 11.4 Å². The first-order valence-electron chi connectivity index (χ1n) is 14.7. The van der Waals surface area contributed by atoms with Gasteiger partial charge in [-0.25, -0.2) is 0 Å². The Bertz CT molecular complexity index is 1510. The summed E-state index contributed by atoms with van der Waals surface area (Å²) in [6, 6.07) is 44.5. The Kier molecular flexibility index (Phi) is 11.1. The highest BCUT2D eigenvalue weighted by atomic mass is 31.1. The second-order valence-electron chi connectivity index (χ2n) is 10.4. The molecule has 0 radical (unpaired) electrons. The minimum Gasteiger partial charge on any atom is -0.491 e. The van der Waals surface area contributed by atoms with E-state index in [1.54, 1.807) is 0 Å². The third-order valence-electron chi connectivity index (χ3n) is 7.13. The maximum Gasteiger partial charge on any atom is 0.238 e. The van der Waals surface area contributed by atoms with E-state index in [1.165, 1.54) is 0 Å². The van der Waals surface area contributed by atoms with Crippen molar-refractivity contribution >= 4 is 8.46 Å². The summed E-state index contributed by atoms with van der Waals surface area (Å²) < 4.78 is 30.7. The van der Waals surface area contributed by atoms with Gasteiger partial charge in [0, 0.05) is 17.7 Å². The molecule has 0 spiro atoms. The Morgan fingerprint density at radius 2 is 1.16 bits per heavy atom.